The highest BCUT2D eigenvalue weighted by Gasteiger charge is 2.22. The SMILES string of the molecule is CCCn1c(SCC(=O)NCc2ccc(F)cc2)nc2nc(N3CCC(C)CC3)sc2c1=O. The van der Waals surface area contributed by atoms with E-state index in [9.17, 15) is 14.0 Å². The van der Waals surface area contributed by atoms with E-state index in [1.54, 1.807) is 16.7 Å². The van der Waals surface area contributed by atoms with Gasteiger partial charge in [0.05, 0.1) is 5.75 Å². The average molecular weight is 490 g/mol. The first-order valence-electron chi connectivity index (χ1n) is 11.2. The molecule has 3 aromatic rings. The minimum atomic E-state index is -0.309. The van der Waals surface area contributed by atoms with E-state index in [-0.39, 0.29) is 23.0 Å². The zero-order valence-electron chi connectivity index (χ0n) is 18.8. The zero-order chi connectivity index (χ0) is 23.4. The van der Waals surface area contributed by atoms with Crippen LogP contribution in [0.4, 0.5) is 9.52 Å². The molecule has 0 radical (unpaired) electrons. The van der Waals surface area contributed by atoms with Crippen molar-refractivity contribution in [2.45, 2.75) is 51.4 Å². The molecule has 0 atom stereocenters. The fraction of sp³-hybridized carbons (Fsp3) is 0.478. The number of thiazole rings is 1. The Hall–Kier alpha value is -2.46. The van der Waals surface area contributed by atoms with E-state index < -0.39 is 0 Å². The largest absolute Gasteiger partial charge is 0.351 e. The van der Waals surface area contributed by atoms with Gasteiger partial charge in [-0.25, -0.2) is 9.37 Å². The number of piperidine rings is 1. The number of thioether (sulfide) groups is 1. The average Bonchev–Trinajstić information content (AvgIpc) is 3.24. The van der Waals surface area contributed by atoms with Gasteiger partial charge in [0.15, 0.2) is 15.9 Å². The van der Waals surface area contributed by atoms with Gasteiger partial charge in [0.2, 0.25) is 5.91 Å². The van der Waals surface area contributed by atoms with E-state index >= 15 is 0 Å². The number of carbonyl (C=O) groups excluding carboxylic acids is 1. The van der Waals surface area contributed by atoms with Gasteiger partial charge in [0, 0.05) is 26.2 Å². The molecule has 7 nitrogen and oxygen atoms in total. The van der Waals surface area contributed by atoms with Crippen molar-refractivity contribution in [3.63, 3.8) is 0 Å². The van der Waals surface area contributed by atoms with Crippen LogP contribution in [0.1, 0.15) is 38.7 Å². The smallest absolute Gasteiger partial charge is 0.273 e. The Balaban J connectivity index is 1.48. The van der Waals surface area contributed by atoms with Crippen molar-refractivity contribution in [2.24, 2.45) is 5.92 Å². The molecule has 0 unspecified atom stereocenters. The first-order chi connectivity index (χ1) is 15.9. The fourth-order valence-corrected chi connectivity index (χ4v) is 5.58. The number of rotatable bonds is 8. The lowest BCUT2D eigenvalue weighted by molar-refractivity contribution is -0.118. The van der Waals surface area contributed by atoms with Gasteiger partial charge in [-0.2, -0.15) is 4.98 Å². The van der Waals surface area contributed by atoms with Gasteiger partial charge in [-0.1, -0.05) is 49.1 Å². The quantitative estimate of drug-likeness (QED) is 0.380. The molecule has 0 saturated carbocycles. The standard InChI is InChI=1S/C23H28FN5O2S2/c1-3-10-29-21(31)19-20(26-22(33-19)28-11-8-15(2)9-12-28)27-23(29)32-14-18(30)25-13-16-4-6-17(24)7-5-16/h4-7,15H,3,8-14H2,1-2H3,(H,25,30). The number of hydrogen-bond donors (Lipinski definition) is 1. The molecule has 1 N–H and O–H groups in total. The molecule has 176 valence electrons. The van der Waals surface area contributed by atoms with Gasteiger partial charge >= 0.3 is 0 Å². The van der Waals surface area contributed by atoms with Crippen molar-refractivity contribution in [1.29, 1.82) is 0 Å². The van der Waals surface area contributed by atoms with Crippen molar-refractivity contribution in [1.82, 2.24) is 19.9 Å². The van der Waals surface area contributed by atoms with Gasteiger partial charge in [-0.05, 0) is 42.9 Å². The highest BCUT2D eigenvalue weighted by atomic mass is 32.2. The van der Waals surface area contributed by atoms with E-state index in [0.29, 0.717) is 34.5 Å². The Morgan fingerprint density at radius 2 is 1.97 bits per heavy atom. The second-order valence-electron chi connectivity index (χ2n) is 8.36. The summed E-state index contributed by atoms with van der Waals surface area (Å²) in [5.41, 5.74) is 1.18. The minimum Gasteiger partial charge on any atom is -0.351 e. The van der Waals surface area contributed by atoms with Crippen LogP contribution in [0.25, 0.3) is 10.3 Å². The van der Waals surface area contributed by atoms with Crippen LogP contribution >= 0.6 is 23.1 Å². The highest BCUT2D eigenvalue weighted by Crippen LogP contribution is 2.30. The van der Waals surface area contributed by atoms with Crippen LogP contribution in [0.2, 0.25) is 0 Å². The molecular formula is C23H28FN5O2S2. The summed E-state index contributed by atoms with van der Waals surface area (Å²) in [6.45, 7) is 7.01. The summed E-state index contributed by atoms with van der Waals surface area (Å²) in [7, 11) is 0. The summed E-state index contributed by atoms with van der Waals surface area (Å²) in [6, 6.07) is 6.01. The molecule has 0 aliphatic carbocycles. The molecule has 33 heavy (non-hydrogen) atoms. The lowest BCUT2D eigenvalue weighted by Crippen LogP contribution is -2.32. The van der Waals surface area contributed by atoms with Crippen LogP contribution in [0.15, 0.2) is 34.2 Å². The molecule has 0 bridgehead atoms. The molecule has 10 heteroatoms. The summed E-state index contributed by atoms with van der Waals surface area (Å²) in [6.07, 6.45) is 3.03. The van der Waals surface area contributed by atoms with Crippen molar-refractivity contribution in [2.75, 3.05) is 23.7 Å². The third-order valence-corrected chi connectivity index (χ3v) is 7.78. The summed E-state index contributed by atoms with van der Waals surface area (Å²) < 4.78 is 15.3. The van der Waals surface area contributed by atoms with Gasteiger partial charge in [0.25, 0.3) is 5.56 Å². The second kappa shape index (κ2) is 10.6. The number of aromatic nitrogens is 3. The van der Waals surface area contributed by atoms with Crippen LogP contribution in [-0.2, 0) is 17.9 Å². The monoisotopic (exact) mass is 489 g/mol. The lowest BCUT2D eigenvalue weighted by atomic mass is 10.00. The number of fused-ring (bicyclic) bond motifs is 1. The number of amides is 1. The van der Waals surface area contributed by atoms with E-state index in [1.807, 2.05) is 6.92 Å². The third kappa shape index (κ3) is 5.73. The normalized spacial score (nSPS) is 14.7. The predicted molar refractivity (Wildman–Crippen MR) is 132 cm³/mol. The number of hydrogen-bond acceptors (Lipinski definition) is 7. The molecule has 0 spiro atoms. The van der Waals surface area contributed by atoms with Gasteiger partial charge < -0.3 is 10.2 Å². The van der Waals surface area contributed by atoms with E-state index in [4.69, 9.17) is 0 Å². The van der Waals surface area contributed by atoms with Crippen LogP contribution in [0.3, 0.4) is 0 Å². The summed E-state index contributed by atoms with van der Waals surface area (Å²) in [5, 5.41) is 4.19. The maximum absolute atomic E-state index is 13.2. The van der Waals surface area contributed by atoms with Gasteiger partial charge in [-0.15, -0.1) is 0 Å². The van der Waals surface area contributed by atoms with E-state index in [1.165, 1.54) is 35.2 Å². The molecule has 2 aromatic heterocycles. The van der Waals surface area contributed by atoms with Gasteiger partial charge in [0.1, 0.15) is 10.5 Å². The van der Waals surface area contributed by atoms with E-state index in [2.05, 4.69) is 27.1 Å². The first kappa shape index (κ1) is 23.7. The van der Waals surface area contributed by atoms with Gasteiger partial charge in [-0.3, -0.25) is 14.2 Å². The van der Waals surface area contributed by atoms with E-state index in [0.717, 1.165) is 43.0 Å². The van der Waals surface area contributed by atoms with Crippen molar-refractivity contribution < 1.29 is 9.18 Å². The molecule has 3 heterocycles. The third-order valence-electron chi connectivity index (χ3n) is 5.71. The first-order valence-corrected chi connectivity index (χ1v) is 13.0. The molecular weight excluding hydrogens is 461 g/mol. The topological polar surface area (TPSA) is 80.1 Å². The lowest BCUT2D eigenvalue weighted by Gasteiger charge is -2.29. The number of benzene rings is 1. The van der Waals surface area contributed by atoms with Crippen molar-refractivity contribution in [3.8, 4) is 0 Å². The predicted octanol–water partition coefficient (Wildman–Crippen LogP) is 4.05. The van der Waals surface area contributed by atoms with Crippen LogP contribution in [0, 0.1) is 11.7 Å². The van der Waals surface area contributed by atoms with Crippen LogP contribution in [0.5, 0.6) is 0 Å². The molecule has 4 rings (SSSR count). The number of anilines is 1. The Bertz CT molecular complexity index is 1170. The molecule has 1 fully saturated rings. The maximum Gasteiger partial charge on any atom is 0.273 e. The summed E-state index contributed by atoms with van der Waals surface area (Å²) >= 11 is 2.65. The number of halogens is 1. The van der Waals surface area contributed by atoms with Crippen LogP contribution < -0.4 is 15.8 Å². The highest BCUT2D eigenvalue weighted by molar-refractivity contribution is 7.99. The molecule has 1 aromatic carbocycles. The zero-order valence-corrected chi connectivity index (χ0v) is 20.5. The number of nitrogens with one attached hydrogen (secondary N) is 1. The maximum atomic E-state index is 13.2. The Labute approximate surface area is 200 Å². The van der Waals surface area contributed by atoms with Crippen LogP contribution in [-0.4, -0.2) is 39.3 Å². The summed E-state index contributed by atoms with van der Waals surface area (Å²) in [4.78, 5) is 37.1. The van der Waals surface area contributed by atoms with Crippen molar-refractivity contribution in [3.05, 3.63) is 46.0 Å². The number of carbonyl (C=O) groups is 1. The molecule has 1 amide bonds. The molecule has 1 saturated heterocycles. The summed E-state index contributed by atoms with van der Waals surface area (Å²) in [5.74, 6) is 0.357. The molecule has 1 aliphatic heterocycles. The molecule has 1 aliphatic rings. The van der Waals surface area contributed by atoms with Crippen molar-refractivity contribution >= 4 is 44.5 Å². The Kier molecular flexibility index (Phi) is 7.64. The fourth-order valence-electron chi connectivity index (χ4n) is 3.73. The Morgan fingerprint density at radius 1 is 1.24 bits per heavy atom. The number of nitrogens with zero attached hydrogens (tertiary/aromatic N) is 4. The Morgan fingerprint density at radius 3 is 2.67 bits per heavy atom. The second-order valence-corrected chi connectivity index (χ2v) is 10.3. The minimum absolute atomic E-state index is 0.0924.